The van der Waals surface area contributed by atoms with Gasteiger partial charge < -0.3 is 0 Å². The number of aromatic nitrogens is 2. The third kappa shape index (κ3) is 5.18. The van der Waals surface area contributed by atoms with E-state index in [1.165, 1.54) is 60.7 Å². The van der Waals surface area contributed by atoms with E-state index in [1.807, 2.05) is 6.07 Å². The quantitative estimate of drug-likeness (QED) is 0.181. The lowest BCUT2D eigenvalue weighted by atomic mass is 9.78. The van der Waals surface area contributed by atoms with Crippen LogP contribution in [0.4, 0.5) is 0 Å². The Morgan fingerprint density at radius 3 is 1.53 bits per heavy atom. The van der Waals surface area contributed by atoms with Crippen molar-refractivity contribution < 1.29 is 0 Å². The number of hydrogen-bond acceptors (Lipinski definition) is 2. The Balaban J connectivity index is 1.13. The Kier molecular flexibility index (Phi) is 7.19. The molecule has 0 amide bonds. The highest BCUT2D eigenvalue weighted by Crippen LogP contribution is 2.54. The zero-order valence-corrected chi connectivity index (χ0v) is 29.7. The number of rotatable bonds is 5. The highest BCUT2D eigenvalue weighted by Gasteiger charge is 2.38. The standard InChI is InChI=1S/C51H36N2/c1-51(2)46-31-38-19-10-9-18-37(38)30-45(46)43-23-13-22-42(49(43)51)41-28-29-44(40-21-12-11-20-39(40)41)50-52-47(35-16-7-4-8-17-35)32-48(53-50)36-26-24-34(25-27-36)33-14-5-3-6-15-33/h3-32H,1-2H3. The Hall–Kier alpha value is -6.64. The van der Waals surface area contributed by atoms with Gasteiger partial charge in [0.25, 0.3) is 0 Å². The van der Waals surface area contributed by atoms with Crippen molar-refractivity contribution in [1.82, 2.24) is 9.97 Å². The van der Waals surface area contributed by atoms with Crippen molar-refractivity contribution in [3.8, 4) is 67.3 Å². The monoisotopic (exact) mass is 676 g/mol. The molecule has 10 rings (SSSR count). The minimum atomic E-state index is -0.164. The van der Waals surface area contributed by atoms with Crippen LogP contribution in [0.15, 0.2) is 182 Å². The molecule has 1 aromatic heterocycles. The lowest BCUT2D eigenvalue weighted by molar-refractivity contribution is 0.663. The Morgan fingerprint density at radius 1 is 0.358 bits per heavy atom. The van der Waals surface area contributed by atoms with Gasteiger partial charge in [-0.1, -0.05) is 172 Å². The summed E-state index contributed by atoms with van der Waals surface area (Å²) in [7, 11) is 0. The van der Waals surface area contributed by atoms with Crippen molar-refractivity contribution in [1.29, 1.82) is 0 Å². The summed E-state index contributed by atoms with van der Waals surface area (Å²) in [5.41, 5.74) is 15.1. The zero-order chi connectivity index (χ0) is 35.5. The van der Waals surface area contributed by atoms with Crippen molar-refractivity contribution in [3.05, 3.63) is 193 Å². The molecule has 9 aromatic rings. The van der Waals surface area contributed by atoms with E-state index >= 15 is 0 Å². The van der Waals surface area contributed by atoms with Crippen molar-refractivity contribution in [2.75, 3.05) is 0 Å². The number of benzene rings is 8. The first-order valence-electron chi connectivity index (χ1n) is 18.3. The van der Waals surface area contributed by atoms with Crippen LogP contribution in [0, 0.1) is 0 Å². The Labute approximate surface area is 310 Å². The van der Waals surface area contributed by atoms with E-state index in [0.29, 0.717) is 5.82 Å². The molecule has 0 fully saturated rings. The van der Waals surface area contributed by atoms with Crippen LogP contribution < -0.4 is 0 Å². The molecule has 2 heteroatoms. The second kappa shape index (κ2) is 12.3. The van der Waals surface area contributed by atoms with E-state index < -0.39 is 0 Å². The van der Waals surface area contributed by atoms with Crippen LogP contribution in [0.2, 0.25) is 0 Å². The topological polar surface area (TPSA) is 25.8 Å². The predicted octanol–water partition coefficient (Wildman–Crippen LogP) is 13.4. The number of nitrogens with zero attached hydrogens (tertiary/aromatic N) is 2. The average Bonchev–Trinajstić information content (AvgIpc) is 3.45. The SMILES string of the molecule is CC1(C)c2cc3ccccc3cc2-c2cccc(-c3ccc(-c4nc(-c5ccccc5)cc(-c5ccc(-c6ccccc6)cc5)n4)c4ccccc34)c21. The molecule has 0 saturated carbocycles. The molecule has 0 radical (unpaired) electrons. The minimum Gasteiger partial charge on any atom is -0.228 e. The fraction of sp³-hybridized carbons (Fsp3) is 0.0588. The summed E-state index contributed by atoms with van der Waals surface area (Å²) in [5, 5.41) is 4.89. The third-order valence-corrected chi connectivity index (χ3v) is 11.1. The Bertz CT molecular complexity index is 2830. The molecule has 0 unspecified atom stereocenters. The molecule has 1 aliphatic rings. The lowest BCUT2D eigenvalue weighted by Crippen LogP contribution is -2.16. The highest BCUT2D eigenvalue weighted by molar-refractivity contribution is 6.06. The molecule has 0 spiro atoms. The fourth-order valence-corrected chi connectivity index (χ4v) is 8.45. The van der Waals surface area contributed by atoms with Gasteiger partial charge in [0.1, 0.15) is 0 Å². The lowest BCUT2D eigenvalue weighted by Gasteiger charge is -2.25. The molecule has 2 nitrogen and oxygen atoms in total. The van der Waals surface area contributed by atoms with E-state index in [0.717, 1.165) is 33.5 Å². The second-order valence-electron chi connectivity index (χ2n) is 14.6. The maximum absolute atomic E-state index is 5.28. The van der Waals surface area contributed by atoms with Gasteiger partial charge >= 0.3 is 0 Å². The summed E-state index contributed by atoms with van der Waals surface area (Å²) in [6, 6.07) is 65.3. The predicted molar refractivity (Wildman–Crippen MR) is 222 cm³/mol. The molecule has 250 valence electrons. The summed E-state index contributed by atoms with van der Waals surface area (Å²) >= 11 is 0. The van der Waals surface area contributed by atoms with Crippen LogP contribution in [0.25, 0.3) is 88.8 Å². The van der Waals surface area contributed by atoms with Gasteiger partial charge in [0.15, 0.2) is 5.82 Å². The number of fused-ring (bicyclic) bond motifs is 5. The van der Waals surface area contributed by atoms with Crippen LogP contribution in [-0.2, 0) is 5.41 Å². The minimum absolute atomic E-state index is 0.164. The van der Waals surface area contributed by atoms with Gasteiger partial charge in [-0.25, -0.2) is 9.97 Å². The van der Waals surface area contributed by atoms with Crippen molar-refractivity contribution in [3.63, 3.8) is 0 Å². The summed E-state index contributed by atoms with van der Waals surface area (Å²) in [6.07, 6.45) is 0. The maximum atomic E-state index is 5.28. The van der Waals surface area contributed by atoms with Gasteiger partial charge in [-0.05, 0) is 90.3 Å². The normalized spacial score (nSPS) is 12.9. The van der Waals surface area contributed by atoms with Crippen molar-refractivity contribution >= 4 is 21.5 Å². The molecule has 1 heterocycles. The Morgan fingerprint density at radius 2 is 0.849 bits per heavy atom. The first-order valence-corrected chi connectivity index (χ1v) is 18.3. The molecule has 0 saturated heterocycles. The van der Waals surface area contributed by atoms with Crippen LogP contribution >= 0.6 is 0 Å². The molecule has 8 aromatic carbocycles. The van der Waals surface area contributed by atoms with Crippen LogP contribution in [0.3, 0.4) is 0 Å². The summed E-state index contributed by atoms with van der Waals surface area (Å²) < 4.78 is 0. The van der Waals surface area contributed by atoms with Gasteiger partial charge in [0.05, 0.1) is 11.4 Å². The summed E-state index contributed by atoms with van der Waals surface area (Å²) in [4.78, 5) is 10.5. The first-order chi connectivity index (χ1) is 26.0. The molecule has 0 bridgehead atoms. The van der Waals surface area contributed by atoms with Gasteiger partial charge in [-0.2, -0.15) is 0 Å². The average molecular weight is 677 g/mol. The van der Waals surface area contributed by atoms with Crippen molar-refractivity contribution in [2.24, 2.45) is 0 Å². The molecule has 0 atom stereocenters. The highest BCUT2D eigenvalue weighted by atomic mass is 14.9. The molecule has 53 heavy (non-hydrogen) atoms. The van der Waals surface area contributed by atoms with Gasteiger partial charge in [0, 0.05) is 22.1 Å². The second-order valence-corrected chi connectivity index (χ2v) is 14.6. The number of hydrogen-bond donors (Lipinski definition) is 0. The van der Waals surface area contributed by atoms with Crippen molar-refractivity contribution in [2.45, 2.75) is 19.3 Å². The van der Waals surface area contributed by atoms with E-state index in [2.05, 4.69) is 190 Å². The van der Waals surface area contributed by atoms with Gasteiger partial charge in [0.2, 0.25) is 0 Å². The van der Waals surface area contributed by atoms with Gasteiger partial charge in [-0.15, -0.1) is 0 Å². The van der Waals surface area contributed by atoms with E-state index in [1.54, 1.807) is 0 Å². The first kappa shape index (κ1) is 31.1. The van der Waals surface area contributed by atoms with Crippen LogP contribution in [0.5, 0.6) is 0 Å². The zero-order valence-electron chi connectivity index (χ0n) is 29.7. The van der Waals surface area contributed by atoms with Crippen LogP contribution in [0.1, 0.15) is 25.0 Å². The molecular weight excluding hydrogens is 641 g/mol. The van der Waals surface area contributed by atoms with E-state index in [9.17, 15) is 0 Å². The summed E-state index contributed by atoms with van der Waals surface area (Å²) in [5.74, 6) is 0.717. The van der Waals surface area contributed by atoms with E-state index in [-0.39, 0.29) is 5.41 Å². The molecule has 0 aliphatic heterocycles. The summed E-state index contributed by atoms with van der Waals surface area (Å²) in [6.45, 7) is 4.76. The fourth-order valence-electron chi connectivity index (χ4n) is 8.45. The molecular formula is C51H36N2. The molecule has 0 N–H and O–H groups in total. The largest absolute Gasteiger partial charge is 0.228 e. The smallest absolute Gasteiger partial charge is 0.161 e. The molecule has 1 aliphatic carbocycles. The third-order valence-electron chi connectivity index (χ3n) is 11.1. The maximum Gasteiger partial charge on any atom is 0.161 e. The van der Waals surface area contributed by atoms with Gasteiger partial charge in [-0.3, -0.25) is 0 Å². The van der Waals surface area contributed by atoms with Crippen LogP contribution in [-0.4, -0.2) is 9.97 Å². The van der Waals surface area contributed by atoms with E-state index in [4.69, 9.17) is 9.97 Å².